The van der Waals surface area contributed by atoms with Crippen molar-refractivity contribution in [1.29, 1.82) is 0 Å². The van der Waals surface area contributed by atoms with Crippen LogP contribution in [0, 0.1) is 5.41 Å². The van der Waals surface area contributed by atoms with E-state index < -0.39 is 0 Å². The standard InChI is InChI=1S/C13H24N2O2/c1-10-11(5-8-17-10)15(2)12(16)13(9-14)6-3-4-7-13/h10-11H,3-9,14H2,1-2H3. The van der Waals surface area contributed by atoms with Crippen molar-refractivity contribution in [1.82, 2.24) is 4.90 Å². The lowest BCUT2D eigenvalue weighted by atomic mass is 9.84. The first kappa shape index (κ1) is 12.8. The van der Waals surface area contributed by atoms with Gasteiger partial charge < -0.3 is 15.4 Å². The van der Waals surface area contributed by atoms with E-state index in [1.165, 1.54) is 0 Å². The monoisotopic (exact) mass is 240 g/mol. The van der Waals surface area contributed by atoms with Gasteiger partial charge in [-0.1, -0.05) is 12.8 Å². The summed E-state index contributed by atoms with van der Waals surface area (Å²) in [4.78, 5) is 14.5. The minimum Gasteiger partial charge on any atom is -0.376 e. The molecule has 2 atom stereocenters. The summed E-state index contributed by atoms with van der Waals surface area (Å²) in [5.41, 5.74) is 5.58. The van der Waals surface area contributed by atoms with Gasteiger partial charge in [0, 0.05) is 20.2 Å². The smallest absolute Gasteiger partial charge is 0.230 e. The van der Waals surface area contributed by atoms with E-state index in [2.05, 4.69) is 0 Å². The molecule has 2 rings (SSSR count). The highest BCUT2D eigenvalue weighted by molar-refractivity contribution is 5.83. The first-order valence-electron chi connectivity index (χ1n) is 6.70. The first-order chi connectivity index (χ1) is 8.10. The van der Waals surface area contributed by atoms with Gasteiger partial charge in [0.05, 0.1) is 17.6 Å². The molecule has 0 bridgehead atoms. The third-order valence-corrected chi connectivity index (χ3v) is 4.56. The van der Waals surface area contributed by atoms with E-state index in [-0.39, 0.29) is 23.5 Å². The molecule has 1 amide bonds. The quantitative estimate of drug-likeness (QED) is 0.805. The van der Waals surface area contributed by atoms with Crippen LogP contribution < -0.4 is 5.73 Å². The van der Waals surface area contributed by atoms with Crippen LogP contribution in [0.2, 0.25) is 0 Å². The van der Waals surface area contributed by atoms with E-state index in [1.54, 1.807) is 0 Å². The van der Waals surface area contributed by atoms with Crippen LogP contribution >= 0.6 is 0 Å². The van der Waals surface area contributed by atoms with Crippen molar-refractivity contribution in [3.63, 3.8) is 0 Å². The maximum atomic E-state index is 12.6. The fraction of sp³-hybridized carbons (Fsp3) is 0.923. The van der Waals surface area contributed by atoms with Gasteiger partial charge in [0.1, 0.15) is 0 Å². The molecule has 4 heteroatoms. The molecule has 0 aromatic carbocycles. The predicted molar refractivity (Wildman–Crippen MR) is 66.5 cm³/mol. The van der Waals surface area contributed by atoms with E-state index in [0.717, 1.165) is 38.7 Å². The lowest BCUT2D eigenvalue weighted by molar-refractivity contribution is -0.143. The lowest BCUT2D eigenvalue weighted by Gasteiger charge is -2.35. The predicted octanol–water partition coefficient (Wildman–Crippen LogP) is 1.14. The van der Waals surface area contributed by atoms with E-state index in [0.29, 0.717) is 6.54 Å². The van der Waals surface area contributed by atoms with Crippen molar-refractivity contribution in [2.24, 2.45) is 11.1 Å². The molecule has 0 spiro atoms. The van der Waals surface area contributed by atoms with Crippen LogP contribution in [0.3, 0.4) is 0 Å². The van der Waals surface area contributed by atoms with Crippen LogP contribution in [-0.2, 0) is 9.53 Å². The van der Waals surface area contributed by atoms with Gasteiger partial charge in [0.2, 0.25) is 5.91 Å². The number of rotatable bonds is 3. The minimum atomic E-state index is -0.281. The molecule has 1 saturated heterocycles. The molecule has 2 N–H and O–H groups in total. The Kier molecular flexibility index (Phi) is 3.73. The van der Waals surface area contributed by atoms with Crippen LogP contribution in [0.4, 0.5) is 0 Å². The van der Waals surface area contributed by atoms with E-state index in [4.69, 9.17) is 10.5 Å². The summed E-state index contributed by atoms with van der Waals surface area (Å²) in [5, 5.41) is 0. The molecule has 1 aliphatic carbocycles. The Labute approximate surface area is 103 Å². The molecule has 17 heavy (non-hydrogen) atoms. The first-order valence-corrected chi connectivity index (χ1v) is 6.70. The molecule has 4 nitrogen and oxygen atoms in total. The van der Waals surface area contributed by atoms with Gasteiger partial charge in [0.15, 0.2) is 0 Å². The summed E-state index contributed by atoms with van der Waals surface area (Å²) in [5.74, 6) is 0.236. The second-order valence-electron chi connectivity index (χ2n) is 5.54. The zero-order chi connectivity index (χ0) is 12.5. The van der Waals surface area contributed by atoms with Crippen LogP contribution in [-0.4, -0.2) is 43.2 Å². The lowest BCUT2D eigenvalue weighted by Crippen LogP contribution is -2.50. The zero-order valence-electron chi connectivity index (χ0n) is 10.9. The van der Waals surface area contributed by atoms with Crippen LogP contribution in [0.15, 0.2) is 0 Å². The summed E-state index contributed by atoms with van der Waals surface area (Å²) < 4.78 is 5.54. The van der Waals surface area contributed by atoms with Gasteiger partial charge in [0.25, 0.3) is 0 Å². The number of likely N-dealkylation sites (N-methyl/N-ethyl adjacent to an activating group) is 1. The molecule has 1 saturated carbocycles. The number of nitrogens with zero attached hydrogens (tertiary/aromatic N) is 1. The highest BCUT2D eigenvalue weighted by Gasteiger charge is 2.44. The fourth-order valence-corrected chi connectivity index (χ4v) is 3.31. The largest absolute Gasteiger partial charge is 0.376 e. The van der Waals surface area contributed by atoms with Gasteiger partial charge >= 0.3 is 0 Å². The maximum absolute atomic E-state index is 12.6. The van der Waals surface area contributed by atoms with Gasteiger partial charge in [-0.2, -0.15) is 0 Å². The summed E-state index contributed by atoms with van der Waals surface area (Å²) in [7, 11) is 1.91. The third-order valence-electron chi connectivity index (χ3n) is 4.56. The van der Waals surface area contributed by atoms with Crippen molar-refractivity contribution in [2.75, 3.05) is 20.2 Å². The Balaban J connectivity index is 2.07. The number of carbonyl (C=O) groups is 1. The van der Waals surface area contributed by atoms with E-state index in [9.17, 15) is 4.79 Å². The zero-order valence-corrected chi connectivity index (χ0v) is 10.9. The topological polar surface area (TPSA) is 55.6 Å². The van der Waals surface area contributed by atoms with Crippen molar-refractivity contribution in [3.8, 4) is 0 Å². The normalized spacial score (nSPS) is 31.7. The fourth-order valence-electron chi connectivity index (χ4n) is 3.31. The van der Waals surface area contributed by atoms with Gasteiger partial charge in [-0.05, 0) is 26.2 Å². The molecule has 2 aliphatic rings. The Morgan fingerprint density at radius 3 is 2.59 bits per heavy atom. The Morgan fingerprint density at radius 2 is 2.12 bits per heavy atom. The minimum absolute atomic E-state index is 0.153. The number of hydrogen-bond acceptors (Lipinski definition) is 3. The molecule has 2 fully saturated rings. The molecular formula is C13H24N2O2. The summed E-state index contributed by atoms with van der Waals surface area (Å²) in [6.07, 6.45) is 5.27. The number of ether oxygens (including phenoxy) is 1. The number of amides is 1. The summed E-state index contributed by atoms with van der Waals surface area (Å²) in [6.45, 7) is 3.29. The summed E-state index contributed by atoms with van der Waals surface area (Å²) >= 11 is 0. The Hall–Kier alpha value is -0.610. The molecule has 1 aliphatic heterocycles. The van der Waals surface area contributed by atoms with Crippen molar-refractivity contribution in [3.05, 3.63) is 0 Å². The molecule has 0 aromatic rings. The Morgan fingerprint density at radius 1 is 1.47 bits per heavy atom. The number of carbonyl (C=O) groups excluding carboxylic acids is 1. The maximum Gasteiger partial charge on any atom is 0.230 e. The molecule has 2 unspecified atom stereocenters. The van der Waals surface area contributed by atoms with Crippen molar-refractivity contribution >= 4 is 5.91 Å². The van der Waals surface area contributed by atoms with Crippen LogP contribution in [0.25, 0.3) is 0 Å². The van der Waals surface area contributed by atoms with Gasteiger partial charge in [-0.3, -0.25) is 4.79 Å². The average molecular weight is 240 g/mol. The molecule has 0 aromatic heterocycles. The molecular weight excluding hydrogens is 216 g/mol. The number of hydrogen-bond donors (Lipinski definition) is 1. The van der Waals surface area contributed by atoms with E-state index in [1.807, 2.05) is 18.9 Å². The second-order valence-corrected chi connectivity index (χ2v) is 5.54. The van der Waals surface area contributed by atoms with Crippen LogP contribution in [0.5, 0.6) is 0 Å². The van der Waals surface area contributed by atoms with Crippen molar-refractivity contribution in [2.45, 2.75) is 51.2 Å². The molecule has 98 valence electrons. The second kappa shape index (κ2) is 4.94. The van der Waals surface area contributed by atoms with Crippen LogP contribution in [0.1, 0.15) is 39.0 Å². The summed E-state index contributed by atoms with van der Waals surface area (Å²) in [6, 6.07) is 0.228. The van der Waals surface area contributed by atoms with E-state index >= 15 is 0 Å². The Bertz CT molecular complexity index is 287. The molecule has 1 heterocycles. The van der Waals surface area contributed by atoms with Gasteiger partial charge in [-0.15, -0.1) is 0 Å². The SMILES string of the molecule is CC1OCCC1N(C)C(=O)C1(CN)CCCC1. The molecule has 0 radical (unpaired) electrons. The van der Waals surface area contributed by atoms with Gasteiger partial charge in [-0.25, -0.2) is 0 Å². The number of nitrogens with two attached hydrogens (primary N) is 1. The van der Waals surface area contributed by atoms with Crippen molar-refractivity contribution < 1.29 is 9.53 Å². The third kappa shape index (κ3) is 2.20. The highest BCUT2D eigenvalue weighted by atomic mass is 16.5. The highest BCUT2D eigenvalue weighted by Crippen LogP contribution is 2.39. The average Bonchev–Trinajstić information content (AvgIpc) is 2.96.